The lowest BCUT2D eigenvalue weighted by atomic mass is 10.1. The topological polar surface area (TPSA) is 29.1 Å². The van der Waals surface area contributed by atoms with E-state index in [0.717, 1.165) is 22.1 Å². The average molecular weight is 350 g/mol. The maximum absolute atomic E-state index is 11.9. The van der Waals surface area contributed by atoms with Crippen molar-refractivity contribution in [3.05, 3.63) is 58.6 Å². The summed E-state index contributed by atoms with van der Waals surface area (Å²) in [4.78, 5) is 13.1. The van der Waals surface area contributed by atoms with E-state index < -0.39 is 0 Å². The van der Waals surface area contributed by atoms with Gasteiger partial charge in [0.15, 0.2) is 0 Å². The number of hydrogen-bond acceptors (Lipinski definition) is 2. The Morgan fingerprint density at radius 2 is 1.95 bits per heavy atom. The molecule has 0 heterocycles. The Bertz CT molecular complexity index is 583. The van der Waals surface area contributed by atoms with Gasteiger partial charge < -0.3 is 5.32 Å². The van der Waals surface area contributed by atoms with E-state index in [2.05, 4.69) is 21.2 Å². The monoisotopic (exact) mass is 349 g/mol. The average Bonchev–Trinajstić information content (AvgIpc) is 2.46. The molecule has 0 aliphatic carbocycles. The number of carbonyl (C=O) groups is 1. The van der Waals surface area contributed by atoms with Gasteiger partial charge >= 0.3 is 0 Å². The molecule has 2 aromatic carbocycles. The summed E-state index contributed by atoms with van der Waals surface area (Å²) in [5.74, 6) is 0.0434. The number of nitrogens with one attached hydrogen (secondary N) is 1. The highest BCUT2D eigenvalue weighted by Gasteiger charge is 2.03. The zero-order chi connectivity index (χ0) is 14.4. The zero-order valence-electron chi connectivity index (χ0n) is 11.2. The van der Waals surface area contributed by atoms with Crippen molar-refractivity contribution < 1.29 is 4.79 Å². The second kappa shape index (κ2) is 7.50. The minimum absolute atomic E-state index is 0.0434. The maximum Gasteiger partial charge on any atom is 0.224 e. The van der Waals surface area contributed by atoms with E-state index in [1.165, 1.54) is 4.90 Å². The molecule has 1 amide bonds. The van der Waals surface area contributed by atoms with E-state index in [1.807, 2.05) is 54.8 Å². The van der Waals surface area contributed by atoms with Gasteiger partial charge in [-0.3, -0.25) is 4.79 Å². The number of carbonyl (C=O) groups excluding carboxylic acids is 1. The van der Waals surface area contributed by atoms with Gasteiger partial charge in [-0.15, -0.1) is 11.8 Å². The highest BCUT2D eigenvalue weighted by Crippen LogP contribution is 2.18. The molecular weight excluding hydrogens is 334 g/mol. The van der Waals surface area contributed by atoms with Crippen LogP contribution in [0.25, 0.3) is 0 Å². The molecule has 0 radical (unpaired) electrons. The molecule has 0 bridgehead atoms. The quantitative estimate of drug-likeness (QED) is 0.789. The predicted octanol–water partition coefficient (Wildman–Crippen LogP) is 4.74. The molecule has 0 aliphatic rings. The van der Waals surface area contributed by atoms with Crippen LogP contribution in [0.5, 0.6) is 0 Å². The van der Waals surface area contributed by atoms with Crippen molar-refractivity contribution in [2.45, 2.75) is 17.7 Å². The van der Waals surface area contributed by atoms with Gasteiger partial charge in [0.1, 0.15) is 0 Å². The minimum atomic E-state index is 0.0434. The van der Waals surface area contributed by atoms with E-state index in [4.69, 9.17) is 0 Å². The van der Waals surface area contributed by atoms with Crippen LogP contribution < -0.4 is 5.32 Å². The fourth-order valence-electron chi connectivity index (χ4n) is 1.85. The second-order valence-electron chi connectivity index (χ2n) is 4.41. The van der Waals surface area contributed by atoms with Crippen LogP contribution in [-0.2, 0) is 11.2 Å². The fraction of sp³-hybridized carbons (Fsp3) is 0.188. The fourth-order valence-corrected chi connectivity index (χ4v) is 2.70. The van der Waals surface area contributed by atoms with Gasteiger partial charge in [0.2, 0.25) is 5.91 Å². The standard InChI is InChI=1S/C16H16BrNOS/c1-20-15-8-6-14(7-9-15)18-16(19)10-5-12-3-2-4-13(17)11-12/h2-4,6-9,11H,5,10H2,1H3,(H,18,19). The van der Waals surface area contributed by atoms with E-state index in [-0.39, 0.29) is 5.91 Å². The molecule has 0 aliphatic heterocycles. The molecule has 4 heteroatoms. The van der Waals surface area contributed by atoms with Crippen molar-refractivity contribution >= 4 is 39.3 Å². The number of halogens is 1. The van der Waals surface area contributed by atoms with Crippen molar-refractivity contribution in [3.8, 4) is 0 Å². The summed E-state index contributed by atoms with van der Waals surface area (Å²) in [5, 5.41) is 2.92. The summed E-state index contributed by atoms with van der Waals surface area (Å²) in [5.41, 5.74) is 2.01. The third-order valence-electron chi connectivity index (χ3n) is 2.90. The van der Waals surface area contributed by atoms with Gasteiger partial charge in [-0.25, -0.2) is 0 Å². The summed E-state index contributed by atoms with van der Waals surface area (Å²) in [6, 6.07) is 15.9. The molecule has 0 atom stereocenters. The van der Waals surface area contributed by atoms with Crippen molar-refractivity contribution in [2.24, 2.45) is 0 Å². The van der Waals surface area contributed by atoms with Crippen molar-refractivity contribution in [3.63, 3.8) is 0 Å². The zero-order valence-corrected chi connectivity index (χ0v) is 13.6. The molecule has 20 heavy (non-hydrogen) atoms. The largest absolute Gasteiger partial charge is 0.326 e. The van der Waals surface area contributed by atoms with Crippen LogP contribution in [0.15, 0.2) is 57.9 Å². The summed E-state index contributed by atoms with van der Waals surface area (Å²) in [6.45, 7) is 0. The summed E-state index contributed by atoms with van der Waals surface area (Å²) >= 11 is 5.12. The molecule has 2 rings (SSSR count). The molecule has 104 valence electrons. The Balaban J connectivity index is 1.85. The number of aryl methyl sites for hydroxylation is 1. The molecule has 2 nitrogen and oxygen atoms in total. The van der Waals surface area contributed by atoms with Gasteiger partial charge in [0.05, 0.1) is 0 Å². The molecule has 0 spiro atoms. The lowest BCUT2D eigenvalue weighted by Gasteiger charge is -2.06. The van der Waals surface area contributed by atoms with Gasteiger partial charge in [0.25, 0.3) is 0 Å². The lowest BCUT2D eigenvalue weighted by Crippen LogP contribution is -2.12. The molecule has 0 aromatic heterocycles. The van der Waals surface area contributed by atoms with Gasteiger partial charge in [0, 0.05) is 21.5 Å². The summed E-state index contributed by atoms with van der Waals surface area (Å²) in [6.07, 6.45) is 3.26. The first-order chi connectivity index (χ1) is 9.67. The third kappa shape index (κ3) is 4.69. The van der Waals surface area contributed by atoms with Crippen LogP contribution in [0.1, 0.15) is 12.0 Å². The molecule has 1 N–H and O–H groups in total. The molecular formula is C16H16BrNOS. The van der Waals surface area contributed by atoms with Crippen LogP contribution >= 0.6 is 27.7 Å². The van der Waals surface area contributed by atoms with Crippen LogP contribution in [0.2, 0.25) is 0 Å². The SMILES string of the molecule is CSc1ccc(NC(=O)CCc2cccc(Br)c2)cc1. The van der Waals surface area contributed by atoms with E-state index in [0.29, 0.717) is 6.42 Å². The maximum atomic E-state index is 11.9. The Morgan fingerprint density at radius 1 is 1.20 bits per heavy atom. The van der Waals surface area contributed by atoms with Crippen LogP contribution in [0.4, 0.5) is 5.69 Å². The normalized spacial score (nSPS) is 10.3. The van der Waals surface area contributed by atoms with Crippen LogP contribution in [-0.4, -0.2) is 12.2 Å². The van der Waals surface area contributed by atoms with Crippen molar-refractivity contribution in [1.29, 1.82) is 0 Å². The van der Waals surface area contributed by atoms with E-state index >= 15 is 0 Å². The third-order valence-corrected chi connectivity index (χ3v) is 4.14. The van der Waals surface area contributed by atoms with Gasteiger partial charge in [-0.05, 0) is 54.6 Å². The highest BCUT2D eigenvalue weighted by molar-refractivity contribution is 9.10. The predicted molar refractivity (Wildman–Crippen MR) is 89.3 cm³/mol. The smallest absolute Gasteiger partial charge is 0.224 e. The van der Waals surface area contributed by atoms with E-state index in [1.54, 1.807) is 11.8 Å². The molecule has 0 unspecified atom stereocenters. The van der Waals surface area contributed by atoms with Crippen LogP contribution in [0, 0.1) is 0 Å². The molecule has 0 fully saturated rings. The number of thioether (sulfide) groups is 1. The van der Waals surface area contributed by atoms with Crippen LogP contribution in [0.3, 0.4) is 0 Å². The first-order valence-corrected chi connectivity index (χ1v) is 8.37. The Morgan fingerprint density at radius 3 is 2.60 bits per heavy atom. The van der Waals surface area contributed by atoms with Gasteiger partial charge in [-0.2, -0.15) is 0 Å². The Hall–Kier alpha value is -1.26. The Kier molecular flexibility index (Phi) is 5.68. The molecule has 2 aromatic rings. The van der Waals surface area contributed by atoms with Gasteiger partial charge in [-0.1, -0.05) is 28.1 Å². The lowest BCUT2D eigenvalue weighted by molar-refractivity contribution is -0.116. The highest BCUT2D eigenvalue weighted by atomic mass is 79.9. The van der Waals surface area contributed by atoms with Crippen molar-refractivity contribution in [1.82, 2.24) is 0 Å². The van der Waals surface area contributed by atoms with Crippen molar-refractivity contribution in [2.75, 3.05) is 11.6 Å². The minimum Gasteiger partial charge on any atom is -0.326 e. The Labute approximate surface area is 132 Å². The number of anilines is 1. The number of benzene rings is 2. The number of rotatable bonds is 5. The second-order valence-corrected chi connectivity index (χ2v) is 6.20. The summed E-state index contributed by atoms with van der Waals surface area (Å²) in [7, 11) is 0. The summed E-state index contributed by atoms with van der Waals surface area (Å²) < 4.78 is 1.04. The molecule has 0 saturated carbocycles. The van der Waals surface area contributed by atoms with E-state index in [9.17, 15) is 4.79 Å². The number of amides is 1. The first kappa shape index (κ1) is 15.1. The number of hydrogen-bond donors (Lipinski definition) is 1. The molecule has 0 saturated heterocycles. The first-order valence-electron chi connectivity index (χ1n) is 6.36.